The van der Waals surface area contributed by atoms with Crippen LogP contribution in [-0.2, 0) is 6.54 Å². The van der Waals surface area contributed by atoms with Gasteiger partial charge in [0.05, 0.1) is 12.2 Å². The van der Waals surface area contributed by atoms with Crippen molar-refractivity contribution in [3.8, 4) is 11.8 Å². The Labute approximate surface area is 156 Å². The molecular formula is C19H16ClN5O. The van der Waals surface area contributed by atoms with Gasteiger partial charge in [0.25, 0.3) is 5.82 Å². The fraction of sp³-hybridized carbons (Fsp3) is 0.158. The third kappa shape index (κ3) is 3.64. The quantitative estimate of drug-likeness (QED) is 0.649. The van der Waals surface area contributed by atoms with Gasteiger partial charge in [-0.25, -0.2) is 9.67 Å². The molecule has 0 amide bonds. The first kappa shape index (κ1) is 17.8. The number of hydrogen-bond acceptors (Lipinski definition) is 5. The second-order valence-electron chi connectivity index (χ2n) is 5.97. The molecule has 0 unspecified atom stereocenters. The number of halogens is 1. The zero-order chi connectivity index (χ0) is 18.7. The third-order valence-corrected chi connectivity index (χ3v) is 3.93. The normalized spacial score (nSPS) is 10.7. The summed E-state index contributed by atoms with van der Waals surface area (Å²) in [4.78, 5) is 19.2. The van der Waals surface area contributed by atoms with Crippen LogP contribution in [0.3, 0.4) is 0 Å². The van der Waals surface area contributed by atoms with Gasteiger partial charge in [0.1, 0.15) is 11.9 Å². The monoisotopic (exact) mass is 365 g/mol. The average Bonchev–Trinajstić information content (AvgIpc) is 3.03. The standard InChI is InChI=1S/C19H16ClN5O/c1-24(2)12-18-22-17(11-21)23-25(18)16-9-8-14(20)10-15(16)19(26)13-6-4-3-5-7-13/h3-10H,12H2,1-2H3. The van der Waals surface area contributed by atoms with Crippen molar-refractivity contribution in [2.45, 2.75) is 6.54 Å². The number of aromatic nitrogens is 3. The maximum absolute atomic E-state index is 13.0. The SMILES string of the molecule is CN(C)Cc1nc(C#N)nn1-c1ccc(Cl)cc1C(=O)c1ccccc1. The van der Waals surface area contributed by atoms with E-state index < -0.39 is 0 Å². The van der Waals surface area contributed by atoms with Crippen molar-refractivity contribution in [2.75, 3.05) is 14.1 Å². The first-order chi connectivity index (χ1) is 12.5. The van der Waals surface area contributed by atoms with E-state index >= 15 is 0 Å². The molecule has 0 atom stereocenters. The summed E-state index contributed by atoms with van der Waals surface area (Å²) >= 11 is 6.13. The molecule has 7 heteroatoms. The highest BCUT2D eigenvalue weighted by molar-refractivity contribution is 6.31. The van der Waals surface area contributed by atoms with Gasteiger partial charge in [-0.2, -0.15) is 5.26 Å². The van der Waals surface area contributed by atoms with Gasteiger partial charge < -0.3 is 4.90 Å². The van der Waals surface area contributed by atoms with E-state index in [-0.39, 0.29) is 11.6 Å². The van der Waals surface area contributed by atoms with Gasteiger partial charge in [0, 0.05) is 16.1 Å². The molecule has 1 heterocycles. The number of benzene rings is 2. The molecule has 130 valence electrons. The van der Waals surface area contributed by atoms with Crippen molar-refractivity contribution < 1.29 is 4.79 Å². The van der Waals surface area contributed by atoms with E-state index in [4.69, 9.17) is 16.9 Å². The molecule has 26 heavy (non-hydrogen) atoms. The first-order valence-corrected chi connectivity index (χ1v) is 8.28. The second-order valence-corrected chi connectivity index (χ2v) is 6.41. The van der Waals surface area contributed by atoms with E-state index in [1.165, 1.54) is 4.68 Å². The number of nitriles is 1. The number of rotatable bonds is 5. The molecule has 0 aliphatic carbocycles. The summed E-state index contributed by atoms with van der Waals surface area (Å²) in [5.74, 6) is 0.443. The van der Waals surface area contributed by atoms with Crippen molar-refractivity contribution in [1.82, 2.24) is 19.7 Å². The van der Waals surface area contributed by atoms with Crippen molar-refractivity contribution in [3.63, 3.8) is 0 Å². The van der Waals surface area contributed by atoms with Crippen LogP contribution in [0.1, 0.15) is 27.6 Å². The van der Waals surface area contributed by atoms with Crippen LogP contribution in [0.4, 0.5) is 0 Å². The van der Waals surface area contributed by atoms with Crippen LogP contribution in [-0.4, -0.2) is 39.5 Å². The Morgan fingerprint density at radius 2 is 1.96 bits per heavy atom. The van der Waals surface area contributed by atoms with Crippen LogP contribution < -0.4 is 0 Å². The number of nitrogens with zero attached hydrogens (tertiary/aromatic N) is 5. The van der Waals surface area contributed by atoms with Crippen LogP contribution in [0.5, 0.6) is 0 Å². The summed E-state index contributed by atoms with van der Waals surface area (Å²) < 4.78 is 1.53. The maximum atomic E-state index is 13.0. The van der Waals surface area contributed by atoms with Crippen LogP contribution >= 0.6 is 11.6 Å². The molecule has 0 radical (unpaired) electrons. The molecule has 6 nitrogen and oxygen atoms in total. The average molecular weight is 366 g/mol. The molecule has 0 aliphatic rings. The fourth-order valence-electron chi connectivity index (χ4n) is 2.59. The van der Waals surface area contributed by atoms with Crippen LogP contribution in [0, 0.1) is 11.3 Å². The molecule has 3 aromatic rings. The van der Waals surface area contributed by atoms with E-state index in [1.807, 2.05) is 31.1 Å². The zero-order valence-corrected chi connectivity index (χ0v) is 15.1. The van der Waals surface area contributed by atoms with Gasteiger partial charge in [0.15, 0.2) is 5.78 Å². The number of hydrogen-bond donors (Lipinski definition) is 0. The molecule has 2 aromatic carbocycles. The Kier molecular flexibility index (Phi) is 5.12. The third-order valence-electron chi connectivity index (χ3n) is 3.70. The highest BCUT2D eigenvalue weighted by atomic mass is 35.5. The molecule has 1 aromatic heterocycles. The molecule has 0 saturated carbocycles. The topological polar surface area (TPSA) is 74.8 Å². The van der Waals surface area contributed by atoms with Crippen molar-refractivity contribution in [2.24, 2.45) is 0 Å². The van der Waals surface area contributed by atoms with E-state index in [2.05, 4.69) is 10.1 Å². The molecular weight excluding hydrogens is 350 g/mol. The fourth-order valence-corrected chi connectivity index (χ4v) is 2.76. The molecule has 0 saturated heterocycles. The van der Waals surface area contributed by atoms with E-state index in [9.17, 15) is 4.79 Å². The van der Waals surface area contributed by atoms with Crippen LogP contribution in [0.2, 0.25) is 5.02 Å². The smallest absolute Gasteiger partial charge is 0.252 e. The summed E-state index contributed by atoms with van der Waals surface area (Å²) in [5.41, 5.74) is 1.48. The number of ketones is 1. The summed E-state index contributed by atoms with van der Waals surface area (Å²) in [6.07, 6.45) is 0. The van der Waals surface area contributed by atoms with E-state index in [1.54, 1.807) is 42.5 Å². The highest BCUT2D eigenvalue weighted by Gasteiger charge is 2.20. The lowest BCUT2D eigenvalue weighted by molar-refractivity contribution is 0.103. The summed E-state index contributed by atoms with van der Waals surface area (Å²) in [5, 5.41) is 13.9. The Morgan fingerprint density at radius 3 is 2.62 bits per heavy atom. The van der Waals surface area contributed by atoms with Gasteiger partial charge in [0.2, 0.25) is 0 Å². The van der Waals surface area contributed by atoms with Gasteiger partial charge in [-0.05, 0) is 32.3 Å². The maximum Gasteiger partial charge on any atom is 0.252 e. The molecule has 0 spiro atoms. The lowest BCUT2D eigenvalue weighted by Gasteiger charge is -2.14. The Hall–Kier alpha value is -3.01. The minimum absolute atomic E-state index is 0.0508. The zero-order valence-electron chi connectivity index (χ0n) is 14.3. The van der Waals surface area contributed by atoms with Crippen molar-refractivity contribution in [1.29, 1.82) is 5.26 Å². The predicted molar refractivity (Wildman–Crippen MR) is 98.3 cm³/mol. The summed E-state index contributed by atoms with van der Waals surface area (Å²) in [6.45, 7) is 0.469. The van der Waals surface area contributed by atoms with Gasteiger partial charge in [-0.3, -0.25) is 4.79 Å². The first-order valence-electron chi connectivity index (χ1n) is 7.90. The Bertz CT molecular complexity index is 989. The number of carbonyl (C=O) groups excluding carboxylic acids is 1. The van der Waals surface area contributed by atoms with Gasteiger partial charge in [-0.15, -0.1) is 5.10 Å². The minimum atomic E-state index is -0.173. The lowest BCUT2D eigenvalue weighted by Crippen LogP contribution is -2.17. The van der Waals surface area contributed by atoms with Gasteiger partial charge >= 0.3 is 0 Å². The van der Waals surface area contributed by atoms with Crippen LogP contribution in [0.15, 0.2) is 48.5 Å². The Balaban J connectivity index is 2.17. The predicted octanol–water partition coefficient (Wildman–Crippen LogP) is 3.08. The molecule has 0 bridgehead atoms. The number of carbonyl (C=O) groups is 1. The molecule has 0 N–H and O–H groups in total. The van der Waals surface area contributed by atoms with E-state index in [0.29, 0.717) is 34.2 Å². The van der Waals surface area contributed by atoms with Crippen molar-refractivity contribution >= 4 is 17.4 Å². The summed E-state index contributed by atoms with van der Waals surface area (Å²) in [7, 11) is 3.78. The molecule has 0 aliphatic heterocycles. The largest absolute Gasteiger partial charge is 0.302 e. The second kappa shape index (κ2) is 7.48. The Morgan fingerprint density at radius 1 is 1.23 bits per heavy atom. The lowest BCUT2D eigenvalue weighted by atomic mass is 10.0. The van der Waals surface area contributed by atoms with E-state index in [0.717, 1.165) is 0 Å². The molecule has 0 fully saturated rings. The van der Waals surface area contributed by atoms with Crippen LogP contribution in [0.25, 0.3) is 5.69 Å². The minimum Gasteiger partial charge on any atom is -0.302 e. The summed E-state index contributed by atoms with van der Waals surface area (Å²) in [6, 6.07) is 15.9. The van der Waals surface area contributed by atoms with Gasteiger partial charge in [-0.1, -0.05) is 41.9 Å². The van der Waals surface area contributed by atoms with Crippen molar-refractivity contribution in [3.05, 3.63) is 76.3 Å². The highest BCUT2D eigenvalue weighted by Crippen LogP contribution is 2.24. The molecule has 3 rings (SSSR count).